The zero-order valence-electron chi connectivity index (χ0n) is 13.8. The summed E-state index contributed by atoms with van der Waals surface area (Å²) < 4.78 is 31.6. The van der Waals surface area contributed by atoms with Gasteiger partial charge in [-0.15, -0.1) is 12.4 Å². The number of amides is 1. The molecule has 0 aliphatic carbocycles. The molecule has 1 aromatic carbocycles. The van der Waals surface area contributed by atoms with E-state index in [4.69, 9.17) is 10.5 Å². The molecule has 0 aromatic heterocycles. The number of sulfonamides is 1. The second kappa shape index (κ2) is 8.26. The predicted octanol–water partition coefficient (Wildman–Crippen LogP) is 1.02. The largest absolute Gasteiger partial charge is 0.381 e. The van der Waals surface area contributed by atoms with Crippen molar-refractivity contribution in [1.29, 1.82) is 0 Å². The number of benzene rings is 1. The fourth-order valence-electron chi connectivity index (χ4n) is 2.69. The van der Waals surface area contributed by atoms with Crippen molar-refractivity contribution in [2.45, 2.75) is 24.7 Å². The molecule has 1 amide bonds. The summed E-state index contributed by atoms with van der Waals surface area (Å²) in [6.07, 6.45) is 1.12. The van der Waals surface area contributed by atoms with E-state index in [0.717, 1.165) is 0 Å². The van der Waals surface area contributed by atoms with Gasteiger partial charge in [-0.25, -0.2) is 13.1 Å². The van der Waals surface area contributed by atoms with Crippen LogP contribution in [0.1, 0.15) is 18.4 Å². The lowest BCUT2D eigenvalue weighted by atomic mass is 9.79. The topological polar surface area (TPSA) is 111 Å². The molecule has 7 nitrogen and oxygen atoms in total. The Labute approximate surface area is 148 Å². The molecule has 2 rings (SSSR count). The SMILES string of the molecule is CNS(=O)(=O)c1cccc(NC(=O)C2(CN)CCOCC2)c1C.Cl. The van der Waals surface area contributed by atoms with Crippen molar-refractivity contribution in [3.8, 4) is 0 Å². The molecule has 1 aromatic rings. The first kappa shape index (κ1) is 20.9. The summed E-state index contributed by atoms with van der Waals surface area (Å²) in [5.74, 6) is -0.189. The standard InChI is InChI=1S/C15H23N3O4S.ClH/c1-11-12(4-3-5-13(11)23(20,21)17-2)18-14(19)15(10-16)6-8-22-9-7-15;/h3-5,17H,6-10,16H2,1-2H3,(H,18,19);1H. The second-order valence-electron chi connectivity index (χ2n) is 5.69. The molecule has 0 bridgehead atoms. The Balaban J connectivity index is 0.00000288. The Bertz CT molecular complexity index is 688. The number of nitrogens with two attached hydrogens (primary N) is 1. The van der Waals surface area contributed by atoms with Crippen LogP contribution in [-0.4, -0.2) is 41.1 Å². The van der Waals surface area contributed by atoms with Crippen molar-refractivity contribution in [3.63, 3.8) is 0 Å². The van der Waals surface area contributed by atoms with E-state index in [-0.39, 0.29) is 29.8 Å². The van der Waals surface area contributed by atoms with E-state index in [1.807, 2.05) is 0 Å². The van der Waals surface area contributed by atoms with E-state index in [1.54, 1.807) is 19.1 Å². The zero-order chi connectivity index (χ0) is 17.1. The van der Waals surface area contributed by atoms with Crippen LogP contribution >= 0.6 is 12.4 Å². The smallest absolute Gasteiger partial charge is 0.240 e. The zero-order valence-corrected chi connectivity index (χ0v) is 15.4. The number of hydrogen-bond acceptors (Lipinski definition) is 5. The average Bonchev–Trinajstić information content (AvgIpc) is 2.57. The van der Waals surface area contributed by atoms with Gasteiger partial charge >= 0.3 is 0 Å². The third kappa shape index (κ3) is 4.07. The minimum Gasteiger partial charge on any atom is -0.381 e. The number of carbonyl (C=O) groups is 1. The van der Waals surface area contributed by atoms with E-state index in [1.165, 1.54) is 13.1 Å². The van der Waals surface area contributed by atoms with Crippen molar-refractivity contribution in [2.75, 3.05) is 32.1 Å². The summed E-state index contributed by atoms with van der Waals surface area (Å²) in [5.41, 5.74) is 6.14. The highest BCUT2D eigenvalue weighted by Crippen LogP contribution is 2.32. The lowest BCUT2D eigenvalue weighted by molar-refractivity contribution is -0.130. The van der Waals surface area contributed by atoms with E-state index in [0.29, 0.717) is 37.3 Å². The minimum absolute atomic E-state index is 0. The van der Waals surface area contributed by atoms with Crippen LogP contribution in [0.3, 0.4) is 0 Å². The Morgan fingerprint density at radius 1 is 1.33 bits per heavy atom. The molecule has 0 atom stereocenters. The molecule has 24 heavy (non-hydrogen) atoms. The average molecular weight is 378 g/mol. The summed E-state index contributed by atoms with van der Waals surface area (Å²) in [5, 5.41) is 2.84. The number of halogens is 1. The van der Waals surface area contributed by atoms with E-state index >= 15 is 0 Å². The second-order valence-corrected chi connectivity index (χ2v) is 7.54. The Hall–Kier alpha value is -1.19. The van der Waals surface area contributed by atoms with Crippen molar-refractivity contribution in [2.24, 2.45) is 11.1 Å². The molecule has 9 heteroatoms. The number of carbonyl (C=O) groups excluding carboxylic acids is 1. The van der Waals surface area contributed by atoms with E-state index in [2.05, 4.69) is 10.0 Å². The molecule has 1 heterocycles. The Morgan fingerprint density at radius 3 is 2.50 bits per heavy atom. The molecular weight excluding hydrogens is 354 g/mol. The summed E-state index contributed by atoms with van der Waals surface area (Å²) in [7, 11) is -2.23. The molecule has 136 valence electrons. The molecule has 1 saturated heterocycles. The molecule has 1 aliphatic heterocycles. The molecule has 1 fully saturated rings. The lowest BCUT2D eigenvalue weighted by Crippen LogP contribution is -2.46. The predicted molar refractivity (Wildman–Crippen MR) is 94.8 cm³/mol. The monoisotopic (exact) mass is 377 g/mol. The van der Waals surface area contributed by atoms with Gasteiger partial charge in [0.1, 0.15) is 0 Å². The van der Waals surface area contributed by atoms with Crippen LogP contribution in [0.25, 0.3) is 0 Å². The number of hydrogen-bond donors (Lipinski definition) is 3. The fraction of sp³-hybridized carbons (Fsp3) is 0.533. The third-order valence-corrected chi connectivity index (χ3v) is 5.97. The van der Waals surface area contributed by atoms with Gasteiger partial charge in [0, 0.05) is 25.4 Å². The van der Waals surface area contributed by atoms with Gasteiger partial charge in [-0.3, -0.25) is 4.79 Å². The fourth-order valence-corrected chi connectivity index (χ4v) is 3.68. The van der Waals surface area contributed by atoms with Gasteiger partial charge in [0.2, 0.25) is 15.9 Å². The van der Waals surface area contributed by atoms with Gasteiger partial charge in [0.25, 0.3) is 0 Å². The number of anilines is 1. The highest BCUT2D eigenvalue weighted by Gasteiger charge is 2.39. The van der Waals surface area contributed by atoms with Crippen LogP contribution in [0.4, 0.5) is 5.69 Å². The summed E-state index contributed by atoms with van der Waals surface area (Å²) in [6, 6.07) is 4.79. The van der Waals surface area contributed by atoms with Crippen LogP contribution < -0.4 is 15.8 Å². The Kier molecular flexibility index (Phi) is 7.18. The maximum Gasteiger partial charge on any atom is 0.240 e. The quantitative estimate of drug-likeness (QED) is 0.709. The normalized spacial score (nSPS) is 17.0. The van der Waals surface area contributed by atoms with E-state index < -0.39 is 15.4 Å². The lowest BCUT2D eigenvalue weighted by Gasteiger charge is -2.34. The maximum atomic E-state index is 12.7. The minimum atomic E-state index is -3.58. The summed E-state index contributed by atoms with van der Waals surface area (Å²) in [4.78, 5) is 12.8. The third-order valence-electron chi connectivity index (χ3n) is 4.41. The molecule has 4 N–H and O–H groups in total. The van der Waals surface area contributed by atoms with Crippen LogP contribution in [-0.2, 0) is 19.6 Å². The number of ether oxygens (including phenoxy) is 1. The van der Waals surface area contributed by atoms with Crippen LogP contribution in [0.2, 0.25) is 0 Å². The van der Waals surface area contributed by atoms with Gasteiger partial charge in [-0.2, -0.15) is 0 Å². The first-order valence-corrected chi connectivity index (χ1v) is 8.97. The molecule has 1 aliphatic rings. The molecule has 0 saturated carbocycles. The molecule has 0 radical (unpaired) electrons. The van der Waals surface area contributed by atoms with Gasteiger partial charge < -0.3 is 15.8 Å². The van der Waals surface area contributed by atoms with Gasteiger partial charge in [-0.05, 0) is 44.5 Å². The van der Waals surface area contributed by atoms with Crippen LogP contribution in [0, 0.1) is 12.3 Å². The van der Waals surface area contributed by atoms with Gasteiger partial charge in [0.05, 0.1) is 10.3 Å². The van der Waals surface area contributed by atoms with Crippen molar-refractivity contribution in [1.82, 2.24) is 4.72 Å². The Morgan fingerprint density at radius 2 is 1.96 bits per heavy atom. The van der Waals surface area contributed by atoms with Gasteiger partial charge in [0.15, 0.2) is 0 Å². The highest BCUT2D eigenvalue weighted by molar-refractivity contribution is 7.89. The molecule has 0 unspecified atom stereocenters. The van der Waals surface area contributed by atoms with Crippen molar-refractivity contribution < 1.29 is 17.9 Å². The molecule has 0 spiro atoms. The van der Waals surface area contributed by atoms with Crippen LogP contribution in [0.5, 0.6) is 0 Å². The number of nitrogens with one attached hydrogen (secondary N) is 2. The van der Waals surface area contributed by atoms with Crippen LogP contribution in [0.15, 0.2) is 23.1 Å². The summed E-state index contributed by atoms with van der Waals surface area (Å²) in [6.45, 7) is 2.89. The summed E-state index contributed by atoms with van der Waals surface area (Å²) >= 11 is 0. The van der Waals surface area contributed by atoms with Gasteiger partial charge in [-0.1, -0.05) is 6.07 Å². The van der Waals surface area contributed by atoms with Crippen molar-refractivity contribution in [3.05, 3.63) is 23.8 Å². The van der Waals surface area contributed by atoms with E-state index in [9.17, 15) is 13.2 Å². The van der Waals surface area contributed by atoms with Crippen molar-refractivity contribution >= 4 is 34.0 Å². The maximum absolute atomic E-state index is 12.7. The molecular formula is C15H24ClN3O4S. The first-order valence-electron chi connectivity index (χ1n) is 7.49. The number of rotatable bonds is 5. The highest BCUT2D eigenvalue weighted by atomic mass is 35.5. The first-order chi connectivity index (χ1) is 10.9.